The number of hydrogen-bond acceptors (Lipinski definition) is 3. The fourth-order valence-corrected chi connectivity index (χ4v) is 1.92. The summed E-state index contributed by atoms with van der Waals surface area (Å²) in [6, 6.07) is 2.88. The van der Waals surface area contributed by atoms with E-state index >= 15 is 0 Å². The standard InChI is InChI=1S/C12H17BrN2O2/c1-6(2)10(14)12(17)15-9-5-7(3)4-8(13)11(9)16/h4-6,10,16H,14H2,1-3H3,(H,15,17)/t10-/m0/s1. The quantitative estimate of drug-likeness (QED) is 0.750. The first kappa shape index (κ1) is 14.0. The van der Waals surface area contributed by atoms with E-state index in [2.05, 4.69) is 21.2 Å². The van der Waals surface area contributed by atoms with Crippen molar-refractivity contribution in [2.24, 2.45) is 11.7 Å². The molecule has 0 unspecified atom stereocenters. The molecule has 1 aromatic rings. The SMILES string of the molecule is Cc1cc(Br)c(O)c(NC(=O)[C@@H](N)C(C)C)c1. The van der Waals surface area contributed by atoms with Crippen LogP contribution in [0.1, 0.15) is 19.4 Å². The molecule has 0 saturated carbocycles. The summed E-state index contributed by atoms with van der Waals surface area (Å²) in [5.41, 5.74) is 7.04. The van der Waals surface area contributed by atoms with E-state index in [1.54, 1.807) is 12.1 Å². The van der Waals surface area contributed by atoms with E-state index < -0.39 is 6.04 Å². The summed E-state index contributed by atoms with van der Waals surface area (Å²) in [6.45, 7) is 5.62. The van der Waals surface area contributed by atoms with Crippen molar-refractivity contribution < 1.29 is 9.90 Å². The summed E-state index contributed by atoms with van der Waals surface area (Å²) in [5, 5.41) is 12.4. The van der Waals surface area contributed by atoms with Gasteiger partial charge in [0.25, 0.3) is 0 Å². The van der Waals surface area contributed by atoms with Crippen LogP contribution in [0.15, 0.2) is 16.6 Å². The van der Waals surface area contributed by atoms with Crippen molar-refractivity contribution in [3.63, 3.8) is 0 Å². The van der Waals surface area contributed by atoms with Crippen LogP contribution in [0.3, 0.4) is 0 Å². The molecule has 1 atom stereocenters. The van der Waals surface area contributed by atoms with Crippen LogP contribution in [-0.2, 0) is 4.79 Å². The van der Waals surface area contributed by atoms with Crippen molar-refractivity contribution in [1.82, 2.24) is 0 Å². The summed E-state index contributed by atoms with van der Waals surface area (Å²) < 4.78 is 0.547. The minimum Gasteiger partial charge on any atom is -0.505 e. The zero-order chi connectivity index (χ0) is 13.2. The van der Waals surface area contributed by atoms with Crippen molar-refractivity contribution in [2.45, 2.75) is 26.8 Å². The average Bonchev–Trinajstić information content (AvgIpc) is 2.23. The second-order valence-corrected chi connectivity index (χ2v) is 5.26. The summed E-state index contributed by atoms with van der Waals surface area (Å²) in [4.78, 5) is 11.8. The molecular formula is C12H17BrN2O2. The van der Waals surface area contributed by atoms with Crippen molar-refractivity contribution in [3.05, 3.63) is 22.2 Å². The first-order valence-electron chi connectivity index (χ1n) is 5.38. The molecule has 0 bridgehead atoms. The van der Waals surface area contributed by atoms with Gasteiger partial charge in [0.15, 0.2) is 5.75 Å². The predicted octanol–water partition coefficient (Wildman–Crippen LogP) is 2.38. The molecule has 17 heavy (non-hydrogen) atoms. The van der Waals surface area contributed by atoms with Gasteiger partial charge in [0, 0.05) is 0 Å². The zero-order valence-corrected chi connectivity index (χ0v) is 11.7. The average molecular weight is 301 g/mol. The number of nitrogens with two attached hydrogens (primary N) is 1. The Hall–Kier alpha value is -1.07. The van der Waals surface area contributed by atoms with Crippen LogP contribution >= 0.6 is 15.9 Å². The van der Waals surface area contributed by atoms with Crippen LogP contribution in [0, 0.1) is 12.8 Å². The number of aromatic hydroxyl groups is 1. The Morgan fingerprint density at radius 2 is 2.06 bits per heavy atom. The van der Waals surface area contributed by atoms with E-state index in [9.17, 15) is 9.90 Å². The minimum atomic E-state index is -0.589. The predicted molar refractivity (Wildman–Crippen MR) is 72.0 cm³/mol. The van der Waals surface area contributed by atoms with Gasteiger partial charge in [-0.15, -0.1) is 0 Å². The number of phenols is 1. The molecule has 4 N–H and O–H groups in total. The normalized spacial score (nSPS) is 12.6. The third-order valence-corrected chi connectivity index (χ3v) is 3.09. The van der Waals surface area contributed by atoms with Gasteiger partial charge in [-0.3, -0.25) is 4.79 Å². The van der Waals surface area contributed by atoms with Crippen molar-refractivity contribution in [2.75, 3.05) is 5.32 Å². The van der Waals surface area contributed by atoms with Gasteiger partial charge >= 0.3 is 0 Å². The number of phenolic OH excluding ortho intramolecular Hbond substituents is 1. The van der Waals surface area contributed by atoms with Crippen LogP contribution in [0.5, 0.6) is 5.75 Å². The topological polar surface area (TPSA) is 75.3 Å². The third-order valence-electron chi connectivity index (χ3n) is 2.49. The van der Waals surface area contributed by atoms with Crippen LogP contribution in [0.2, 0.25) is 0 Å². The first-order valence-corrected chi connectivity index (χ1v) is 6.17. The number of carbonyl (C=O) groups is 1. The van der Waals surface area contributed by atoms with Crippen LogP contribution in [0.25, 0.3) is 0 Å². The number of amides is 1. The highest BCUT2D eigenvalue weighted by Crippen LogP contribution is 2.33. The van der Waals surface area contributed by atoms with E-state index in [0.717, 1.165) is 5.56 Å². The molecule has 1 aromatic carbocycles. The number of anilines is 1. The van der Waals surface area contributed by atoms with Gasteiger partial charge in [0.1, 0.15) is 0 Å². The van der Waals surface area contributed by atoms with Gasteiger partial charge in [-0.05, 0) is 46.5 Å². The van der Waals surface area contributed by atoms with E-state index in [4.69, 9.17) is 5.73 Å². The van der Waals surface area contributed by atoms with E-state index in [0.29, 0.717) is 10.2 Å². The number of rotatable bonds is 3. The third kappa shape index (κ3) is 3.44. The lowest BCUT2D eigenvalue weighted by molar-refractivity contribution is -0.118. The van der Waals surface area contributed by atoms with E-state index in [1.165, 1.54) is 0 Å². The Morgan fingerprint density at radius 1 is 1.47 bits per heavy atom. The Kier molecular flexibility index (Phi) is 4.54. The smallest absolute Gasteiger partial charge is 0.241 e. The molecule has 1 amide bonds. The molecule has 0 fully saturated rings. The highest BCUT2D eigenvalue weighted by atomic mass is 79.9. The van der Waals surface area contributed by atoms with Gasteiger partial charge in [-0.25, -0.2) is 0 Å². The molecule has 0 aromatic heterocycles. The molecule has 0 aliphatic carbocycles. The highest BCUT2D eigenvalue weighted by molar-refractivity contribution is 9.10. The van der Waals surface area contributed by atoms with Crippen molar-refractivity contribution >= 4 is 27.5 Å². The van der Waals surface area contributed by atoms with Gasteiger partial charge in [-0.2, -0.15) is 0 Å². The molecule has 94 valence electrons. The fourth-order valence-electron chi connectivity index (χ4n) is 1.35. The van der Waals surface area contributed by atoms with Crippen LogP contribution in [0.4, 0.5) is 5.69 Å². The summed E-state index contributed by atoms with van der Waals surface area (Å²) in [6.07, 6.45) is 0. The van der Waals surface area contributed by atoms with Crippen LogP contribution < -0.4 is 11.1 Å². The van der Waals surface area contributed by atoms with Gasteiger partial charge in [-0.1, -0.05) is 13.8 Å². The number of benzene rings is 1. The summed E-state index contributed by atoms with van der Waals surface area (Å²) >= 11 is 3.22. The monoisotopic (exact) mass is 300 g/mol. The van der Waals surface area contributed by atoms with Crippen LogP contribution in [-0.4, -0.2) is 17.1 Å². The maximum Gasteiger partial charge on any atom is 0.241 e. The molecule has 0 aliphatic rings. The number of carbonyl (C=O) groups excluding carboxylic acids is 1. The fraction of sp³-hybridized carbons (Fsp3) is 0.417. The molecule has 0 spiro atoms. The Labute approximate surface area is 109 Å². The molecule has 0 radical (unpaired) electrons. The molecular weight excluding hydrogens is 284 g/mol. The highest BCUT2D eigenvalue weighted by Gasteiger charge is 2.19. The van der Waals surface area contributed by atoms with Crippen molar-refractivity contribution in [3.8, 4) is 5.75 Å². The van der Waals surface area contributed by atoms with Gasteiger partial charge in [0.05, 0.1) is 16.2 Å². The van der Waals surface area contributed by atoms with Crippen molar-refractivity contribution in [1.29, 1.82) is 0 Å². The second kappa shape index (κ2) is 5.51. The molecule has 5 heteroatoms. The van der Waals surface area contributed by atoms with E-state index in [-0.39, 0.29) is 17.6 Å². The summed E-state index contributed by atoms with van der Waals surface area (Å²) in [7, 11) is 0. The molecule has 1 rings (SSSR count). The zero-order valence-electron chi connectivity index (χ0n) is 10.1. The van der Waals surface area contributed by atoms with E-state index in [1.807, 2.05) is 20.8 Å². The first-order chi connectivity index (χ1) is 7.82. The lowest BCUT2D eigenvalue weighted by Crippen LogP contribution is -2.39. The number of nitrogens with one attached hydrogen (secondary N) is 1. The largest absolute Gasteiger partial charge is 0.505 e. The Bertz CT molecular complexity index is 433. The number of aryl methyl sites for hydroxylation is 1. The molecule has 0 aliphatic heterocycles. The lowest BCUT2D eigenvalue weighted by Gasteiger charge is -2.16. The Balaban J connectivity index is 2.92. The number of hydrogen-bond donors (Lipinski definition) is 3. The molecule has 0 saturated heterocycles. The molecule has 4 nitrogen and oxygen atoms in total. The second-order valence-electron chi connectivity index (χ2n) is 4.40. The maximum absolute atomic E-state index is 11.8. The molecule has 0 heterocycles. The Morgan fingerprint density at radius 3 is 2.59 bits per heavy atom. The maximum atomic E-state index is 11.8. The van der Waals surface area contributed by atoms with Gasteiger partial charge in [0.2, 0.25) is 5.91 Å². The van der Waals surface area contributed by atoms with Gasteiger partial charge < -0.3 is 16.2 Å². The minimum absolute atomic E-state index is 0.0138. The summed E-state index contributed by atoms with van der Waals surface area (Å²) in [5.74, 6) is -0.238. The lowest BCUT2D eigenvalue weighted by atomic mass is 10.0. The number of halogens is 1.